The highest BCUT2D eigenvalue weighted by molar-refractivity contribution is 5.92. The zero-order valence-electron chi connectivity index (χ0n) is 8.15. The molecule has 0 aromatic heterocycles. The number of rotatable bonds is 4. The van der Waals surface area contributed by atoms with Crippen LogP contribution in [0.2, 0.25) is 0 Å². The predicted molar refractivity (Wildman–Crippen MR) is 50.0 cm³/mol. The average Bonchev–Trinajstić information content (AvgIpc) is 2.19. The van der Waals surface area contributed by atoms with E-state index in [2.05, 4.69) is 9.78 Å². The summed E-state index contributed by atoms with van der Waals surface area (Å²) in [5.41, 5.74) is 0.358. The Morgan fingerprint density at radius 3 is 2.71 bits per heavy atom. The first kappa shape index (κ1) is 10.5. The van der Waals surface area contributed by atoms with Gasteiger partial charge in [0.1, 0.15) is 11.3 Å². The van der Waals surface area contributed by atoms with Crippen LogP contribution in [0.3, 0.4) is 0 Å². The lowest BCUT2D eigenvalue weighted by molar-refractivity contribution is -0.216. The van der Waals surface area contributed by atoms with Gasteiger partial charge < -0.3 is 4.74 Å². The van der Waals surface area contributed by atoms with Crippen molar-refractivity contribution in [3.05, 3.63) is 29.8 Å². The number of para-hydroxylation sites is 1. The monoisotopic (exact) mass is 196 g/mol. The summed E-state index contributed by atoms with van der Waals surface area (Å²) in [4.78, 5) is 20.0. The molecule has 76 valence electrons. The largest absolute Gasteiger partial charge is 0.493 e. The topological polar surface area (TPSA) is 44.8 Å². The lowest BCUT2D eigenvalue weighted by Crippen LogP contribution is -2.07. The van der Waals surface area contributed by atoms with E-state index >= 15 is 0 Å². The quantitative estimate of drug-likeness (QED) is 0.544. The third-order valence-corrected chi connectivity index (χ3v) is 1.57. The molecular formula is C10H12O4. The van der Waals surface area contributed by atoms with Gasteiger partial charge in [-0.2, -0.15) is 4.89 Å². The van der Waals surface area contributed by atoms with E-state index in [-0.39, 0.29) is 0 Å². The van der Waals surface area contributed by atoms with Gasteiger partial charge in [0.25, 0.3) is 0 Å². The van der Waals surface area contributed by atoms with Crippen LogP contribution < -0.4 is 4.74 Å². The van der Waals surface area contributed by atoms with Crippen molar-refractivity contribution >= 4 is 5.97 Å². The number of carbonyl (C=O) groups is 1. The Morgan fingerprint density at radius 1 is 1.36 bits per heavy atom. The predicted octanol–water partition coefficient (Wildman–Crippen LogP) is 1.80. The third kappa shape index (κ3) is 2.47. The molecule has 0 amide bonds. The molecule has 0 saturated carbocycles. The molecule has 0 radical (unpaired) electrons. The molecule has 1 rings (SSSR count). The van der Waals surface area contributed by atoms with Crippen molar-refractivity contribution in [3.63, 3.8) is 0 Å². The van der Waals surface area contributed by atoms with Gasteiger partial charge in [-0.1, -0.05) is 12.1 Å². The summed E-state index contributed by atoms with van der Waals surface area (Å²) in [7, 11) is 1.28. The molecule has 0 spiro atoms. The first-order chi connectivity index (χ1) is 6.79. The first-order valence-electron chi connectivity index (χ1n) is 4.26. The van der Waals surface area contributed by atoms with Crippen molar-refractivity contribution in [1.29, 1.82) is 0 Å². The number of carbonyl (C=O) groups excluding carboxylic acids is 1. The van der Waals surface area contributed by atoms with Gasteiger partial charge in [0.15, 0.2) is 0 Å². The number of hydrogen-bond acceptors (Lipinski definition) is 4. The van der Waals surface area contributed by atoms with Crippen LogP contribution in [0.4, 0.5) is 0 Å². The van der Waals surface area contributed by atoms with E-state index in [4.69, 9.17) is 4.74 Å². The summed E-state index contributed by atoms with van der Waals surface area (Å²) < 4.78 is 5.25. The molecule has 0 N–H and O–H groups in total. The maximum absolute atomic E-state index is 11.3. The van der Waals surface area contributed by atoms with E-state index in [0.717, 1.165) is 0 Å². The molecule has 4 heteroatoms. The van der Waals surface area contributed by atoms with Crippen molar-refractivity contribution in [2.75, 3.05) is 13.7 Å². The fraction of sp³-hybridized carbons (Fsp3) is 0.300. The van der Waals surface area contributed by atoms with Gasteiger partial charge in [-0.05, 0) is 19.1 Å². The second kappa shape index (κ2) is 5.24. The van der Waals surface area contributed by atoms with Gasteiger partial charge in [-0.3, -0.25) is 4.89 Å². The minimum Gasteiger partial charge on any atom is -0.493 e. The number of ether oxygens (including phenoxy) is 1. The molecule has 1 aromatic carbocycles. The van der Waals surface area contributed by atoms with E-state index in [9.17, 15) is 4.79 Å². The van der Waals surface area contributed by atoms with Crippen molar-refractivity contribution in [3.8, 4) is 5.75 Å². The number of hydrogen-bond donors (Lipinski definition) is 0. The van der Waals surface area contributed by atoms with Crippen molar-refractivity contribution < 1.29 is 19.3 Å². The molecule has 1 aromatic rings. The van der Waals surface area contributed by atoms with Crippen LogP contribution in [0.1, 0.15) is 17.3 Å². The van der Waals surface area contributed by atoms with Gasteiger partial charge in [0, 0.05) is 0 Å². The molecule has 0 atom stereocenters. The highest BCUT2D eigenvalue weighted by Crippen LogP contribution is 2.18. The van der Waals surface area contributed by atoms with Crippen LogP contribution in [-0.2, 0) is 9.78 Å². The Labute approximate surface area is 82.3 Å². The van der Waals surface area contributed by atoms with Crippen LogP contribution in [0.25, 0.3) is 0 Å². The minimum absolute atomic E-state index is 0.358. The SMILES string of the molecule is CCOc1ccccc1C(=O)OOC. The third-order valence-electron chi connectivity index (χ3n) is 1.57. The molecule has 0 heterocycles. The lowest BCUT2D eigenvalue weighted by atomic mass is 10.2. The Kier molecular flexibility index (Phi) is 3.94. The van der Waals surface area contributed by atoms with Crippen LogP contribution >= 0.6 is 0 Å². The smallest absolute Gasteiger partial charge is 0.376 e. The molecule has 0 aliphatic heterocycles. The van der Waals surface area contributed by atoms with E-state index < -0.39 is 5.97 Å². The highest BCUT2D eigenvalue weighted by atomic mass is 17.2. The normalized spacial score (nSPS) is 9.57. The Hall–Kier alpha value is -1.55. The van der Waals surface area contributed by atoms with E-state index in [1.807, 2.05) is 6.92 Å². The lowest BCUT2D eigenvalue weighted by Gasteiger charge is -2.07. The molecule has 0 fully saturated rings. The van der Waals surface area contributed by atoms with Crippen LogP contribution in [0.15, 0.2) is 24.3 Å². The fourth-order valence-corrected chi connectivity index (χ4v) is 1.04. The maximum atomic E-state index is 11.3. The van der Waals surface area contributed by atoms with Crippen molar-refractivity contribution in [2.24, 2.45) is 0 Å². The summed E-state index contributed by atoms with van der Waals surface area (Å²) in [5, 5.41) is 0. The molecule has 0 aliphatic rings. The second-order valence-electron chi connectivity index (χ2n) is 2.47. The van der Waals surface area contributed by atoms with Crippen LogP contribution in [-0.4, -0.2) is 19.7 Å². The summed E-state index contributed by atoms with van der Waals surface area (Å²) in [6.45, 7) is 2.34. The van der Waals surface area contributed by atoms with Gasteiger partial charge in [0.05, 0.1) is 13.7 Å². The second-order valence-corrected chi connectivity index (χ2v) is 2.47. The summed E-state index contributed by atoms with van der Waals surface area (Å²) in [5.74, 6) is -0.0615. The zero-order valence-corrected chi connectivity index (χ0v) is 8.15. The zero-order chi connectivity index (χ0) is 10.4. The molecule has 0 unspecified atom stereocenters. The fourth-order valence-electron chi connectivity index (χ4n) is 1.04. The van der Waals surface area contributed by atoms with E-state index in [1.54, 1.807) is 24.3 Å². The highest BCUT2D eigenvalue weighted by Gasteiger charge is 2.13. The van der Waals surface area contributed by atoms with Gasteiger partial charge in [-0.25, -0.2) is 4.79 Å². The van der Waals surface area contributed by atoms with Crippen LogP contribution in [0.5, 0.6) is 5.75 Å². The Morgan fingerprint density at radius 2 is 2.07 bits per heavy atom. The molecule has 0 bridgehead atoms. The molecular weight excluding hydrogens is 184 g/mol. The van der Waals surface area contributed by atoms with Crippen LogP contribution in [0, 0.1) is 0 Å². The van der Waals surface area contributed by atoms with E-state index in [0.29, 0.717) is 17.9 Å². The van der Waals surface area contributed by atoms with E-state index in [1.165, 1.54) is 7.11 Å². The van der Waals surface area contributed by atoms with Crippen molar-refractivity contribution in [1.82, 2.24) is 0 Å². The molecule has 14 heavy (non-hydrogen) atoms. The average molecular weight is 196 g/mol. The Balaban J connectivity index is 2.88. The van der Waals surface area contributed by atoms with Gasteiger partial charge in [0.2, 0.25) is 0 Å². The van der Waals surface area contributed by atoms with Gasteiger partial charge >= 0.3 is 5.97 Å². The summed E-state index contributed by atoms with van der Waals surface area (Å²) in [6, 6.07) is 6.84. The van der Waals surface area contributed by atoms with Gasteiger partial charge in [-0.15, -0.1) is 0 Å². The molecule has 4 nitrogen and oxygen atoms in total. The molecule has 0 aliphatic carbocycles. The standard InChI is InChI=1S/C10H12O4/c1-3-13-9-7-5-4-6-8(9)10(11)14-12-2/h4-7H,3H2,1-2H3. The summed E-state index contributed by atoms with van der Waals surface area (Å²) in [6.07, 6.45) is 0. The Bertz CT molecular complexity index is 309. The summed E-state index contributed by atoms with van der Waals surface area (Å²) >= 11 is 0. The van der Waals surface area contributed by atoms with Crippen molar-refractivity contribution in [2.45, 2.75) is 6.92 Å². The first-order valence-corrected chi connectivity index (χ1v) is 4.26. The maximum Gasteiger partial charge on any atom is 0.376 e. The number of benzene rings is 1. The minimum atomic E-state index is -0.559. The molecule has 0 saturated heterocycles.